The van der Waals surface area contributed by atoms with Gasteiger partial charge in [-0.3, -0.25) is 0 Å². The number of allylic oxidation sites excluding steroid dienone is 3. The summed E-state index contributed by atoms with van der Waals surface area (Å²) < 4.78 is 42.5. The van der Waals surface area contributed by atoms with Gasteiger partial charge in [-0.05, 0) is 69.6 Å². The van der Waals surface area contributed by atoms with Crippen molar-refractivity contribution in [2.45, 2.75) is 188 Å². The van der Waals surface area contributed by atoms with E-state index in [4.69, 9.17) is 33.2 Å². The average molecular weight is 961 g/mol. The van der Waals surface area contributed by atoms with Crippen molar-refractivity contribution in [1.29, 1.82) is 0 Å². The summed E-state index contributed by atoms with van der Waals surface area (Å²) in [5.41, 5.74) is 2.88. The number of aryl methyl sites for hydroxylation is 1. The highest BCUT2D eigenvalue weighted by molar-refractivity contribution is 5.53. The van der Waals surface area contributed by atoms with Gasteiger partial charge >= 0.3 is 0 Å². The Balaban J connectivity index is 1.37. The molecular formula is C46H72O21. The molecule has 3 heterocycles. The van der Waals surface area contributed by atoms with Crippen molar-refractivity contribution < 1.29 is 105 Å². The van der Waals surface area contributed by atoms with E-state index in [0.29, 0.717) is 24.0 Å². The number of rotatable bonds is 18. The van der Waals surface area contributed by atoms with Gasteiger partial charge in [-0.15, -0.1) is 0 Å². The normalized spacial score (nSPS) is 42.8. The van der Waals surface area contributed by atoms with E-state index < -0.39 is 155 Å². The lowest BCUT2D eigenvalue weighted by atomic mass is 9.73. The quantitative estimate of drug-likeness (QED) is 0.0519. The van der Waals surface area contributed by atoms with Crippen LogP contribution in [0.3, 0.4) is 0 Å². The first-order chi connectivity index (χ1) is 31.9. The summed E-state index contributed by atoms with van der Waals surface area (Å²) in [7, 11) is 0. The van der Waals surface area contributed by atoms with E-state index in [2.05, 4.69) is 6.58 Å². The van der Waals surface area contributed by atoms with Gasteiger partial charge in [-0.25, -0.2) is 0 Å². The van der Waals surface area contributed by atoms with Crippen LogP contribution in [0, 0.1) is 11.8 Å². The number of benzene rings is 1. The van der Waals surface area contributed by atoms with Crippen LogP contribution >= 0.6 is 0 Å². The molecule has 382 valence electrons. The largest absolute Gasteiger partial charge is 0.462 e. The molecule has 0 radical (unpaired) electrons. The van der Waals surface area contributed by atoms with Crippen LogP contribution in [0.1, 0.15) is 76.3 Å². The molecule has 2 aliphatic carbocycles. The minimum absolute atomic E-state index is 0.0945. The van der Waals surface area contributed by atoms with Gasteiger partial charge in [-0.1, -0.05) is 43.6 Å². The van der Waals surface area contributed by atoms with Crippen LogP contribution < -0.4 is 9.47 Å². The maximum absolute atomic E-state index is 12.1. The molecule has 0 bridgehead atoms. The first-order valence-electron chi connectivity index (χ1n) is 23.2. The molecular weight excluding hydrogens is 888 g/mol. The third-order valence-corrected chi connectivity index (χ3v) is 13.9. The molecule has 1 aromatic carbocycles. The van der Waals surface area contributed by atoms with Crippen LogP contribution in [-0.4, -0.2) is 214 Å². The summed E-state index contributed by atoms with van der Waals surface area (Å²) in [4.78, 5) is 0. The molecule has 0 aromatic heterocycles. The molecule has 22 atom stereocenters. The highest BCUT2D eigenvalue weighted by Gasteiger charge is 2.54. The van der Waals surface area contributed by atoms with Crippen LogP contribution in [0.25, 0.3) is 0 Å². The first-order valence-corrected chi connectivity index (χ1v) is 23.2. The number of aliphatic hydroxyl groups is 14. The molecule has 21 nitrogen and oxygen atoms in total. The number of aliphatic hydroxyl groups excluding tert-OH is 14. The molecule has 4 fully saturated rings. The zero-order valence-electron chi connectivity index (χ0n) is 38.0. The lowest BCUT2D eigenvalue weighted by molar-refractivity contribution is -0.360. The monoisotopic (exact) mass is 960 g/mol. The molecule has 5 aliphatic rings. The van der Waals surface area contributed by atoms with Gasteiger partial charge in [0.15, 0.2) is 6.29 Å². The van der Waals surface area contributed by atoms with E-state index in [1.54, 1.807) is 12.1 Å². The third-order valence-electron chi connectivity index (χ3n) is 13.9. The van der Waals surface area contributed by atoms with Crippen molar-refractivity contribution in [3.05, 3.63) is 47.1 Å². The molecule has 0 spiro atoms. The Morgan fingerprint density at radius 1 is 0.627 bits per heavy atom. The van der Waals surface area contributed by atoms with E-state index in [-0.39, 0.29) is 23.8 Å². The van der Waals surface area contributed by atoms with Crippen molar-refractivity contribution in [3.8, 4) is 11.5 Å². The van der Waals surface area contributed by atoms with Crippen molar-refractivity contribution >= 4 is 0 Å². The predicted octanol–water partition coefficient (Wildman–Crippen LogP) is -2.90. The molecule has 0 amide bonds. The van der Waals surface area contributed by atoms with Crippen molar-refractivity contribution in [1.82, 2.24) is 0 Å². The fourth-order valence-corrected chi connectivity index (χ4v) is 9.81. The Bertz CT molecular complexity index is 1780. The summed E-state index contributed by atoms with van der Waals surface area (Å²) in [6.45, 7) is 7.15. The number of unbranched alkanes of at least 4 members (excludes halogenated alkanes) is 2. The fraction of sp³-hybridized carbons (Fsp3) is 0.783. The van der Waals surface area contributed by atoms with Gasteiger partial charge in [0.2, 0.25) is 12.6 Å². The van der Waals surface area contributed by atoms with Gasteiger partial charge in [0.1, 0.15) is 97.0 Å². The topological polar surface area (TPSA) is 348 Å². The van der Waals surface area contributed by atoms with E-state index in [9.17, 15) is 71.5 Å². The molecule has 0 unspecified atom stereocenters. The summed E-state index contributed by atoms with van der Waals surface area (Å²) >= 11 is 0. The Morgan fingerprint density at radius 3 is 1.70 bits per heavy atom. The third kappa shape index (κ3) is 11.7. The number of ether oxygens (including phenoxy) is 7. The van der Waals surface area contributed by atoms with Gasteiger partial charge in [0.05, 0.1) is 32.0 Å². The molecule has 1 aromatic rings. The molecule has 3 saturated heterocycles. The summed E-state index contributed by atoms with van der Waals surface area (Å²) in [6.07, 6.45) is -25.9. The smallest absolute Gasteiger partial charge is 0.229 e. The average Bonchev–Trinajstić information content (AvgIpc) is 3.30. The standard InChI is InChI=1S/C46H72O21/c1-5-6-7-8-21-12-25(62-44-39(58)38(57)34(53)28(16-48)64-44)31(24-11-20(4)9-10-23(24)19(2)3)26(13-21)63-45-41(60)43(36(55)30(18-50)65-45)67-46-40(59)42(35(54)29(17-49)66-46)61-27-14-22(15-47)32(51)37(56)33(27)52/h11-13,22-24,27-30,32-60H,2,5-10,14-18H2,1,3-4H3/t22-,23-,24+,27-,28+,29-,30-,32-,33+,34+,35-,36-,37+,38-,39+,40-,41-,42+,43+,44+,45-,46+/m0/s1. The zero-order valence-corrected chi connectivity index (χ0v) is 38.0. The van der Waals surface area contributed by atoms with E-state index in [0.717, 1.165) is 36.8 Å². The number of hydrogen-bond donors (Lipinski definition) is 14. The summed E-state index contributed by atoms with van der Waals surface area (Å²) in [5, 5.41) is 151. The van der Waals surface area contributed by atoms with E-state index >= 15 is 0 Å². The Kier molecular flexibility index (Phi) is 19.0. The highest BCUT2D eigenvalue weighted by atomic mass is 16.7. The molecule has 67 heavy (non-hydrogen) atoms. The van der Waals surface area contributed by atoms with E-state index in [1.807, 2.05) is 26.8 Å². The molecule has 14 N–H and O–H groups in total. The lowest BCUT2D eigenvalue weighted by Gasteiger charge is -2.48. The second kappa shape index (κ2) is 23.6. The molecule has 1 saturated carbocycles. The minimum Gasteiger partial charge on any atom is -0.462 e. The van der Waals surface area contributed by atoms with Crippen molar-refractivity contribution in [2.75, 3.05) is 26.4 Å². The first kappa shape index (κ1) is 53.9. The van der Waals surface area contributed by atoms with Gasteiger partial charge in [0, 0.05) is 24.0 Å². The maximum Gasteiger partial charge on any atom is 0.229 e. The van der Waals surface area contributed by atoms with Gasteiger partial charge < -0.3 is 105 Å². The van der Waals surface area contributed by atoms with Crippen LogP contribution in [0.4, 0.5) is 0 Å². The van der Waals surface area contributed by atoms with Gasteiger partial charge in [-0.2, -0.15) is 0 Å². The van der Waals surface area contributed by atoms with Crippen molar-refractivity contribution in [3.63, 3.8) is 0 Å². The molecule has 6 rings (SSSR count). The minimum atomic E-state index is -1.97. The Hall–Kier alpha value is -2.46. The van der Waals surface area contributed by atoms with Gasteiger partial charge in [0.25, 0.3) is 0 Å². The summed E-state index contributed by atoms with van der Waals surface area (Å²) in [5.74, 6) is -1.46. The second-order valence-corrected chi connectivity index (χ2v) is 18.7. The SMILES string of the molecule is C=C(C)[C@@H]1CCC(C)=C[C@H]1c1c(O[C@H]2O[C@@H](CO)[C@H](O)[C@@H](O[C@H]3O[C@@H](CO)[C@H](O)[C@@H](O[C@H]4C[C@@H](CO)[C@H](O)[C@@H](O)[C@@H]4O)[C@@H]3O)[C@@H]2O)cc(CCCCC)cc1O[C@@H]1O[C@H](CO)[C@@H](O)[C@H](O)[C@H]1O. The number of hydrogen-bond acceptors (Lipinski definition) is 21. The zero-order chi connectivity index (χ0) is 49.0. The van der Waals surface area contributed by atoms with E-state index in [1.165, 1.54) is 0 Å². The lowest BCUT2D eigenvalue weighted by Crippen LogP contribution is -2.66. The maximum atomic E-state index is 12.1. The Labute approximate surface area is 389 Å². The highest BCUT2D eigenvalue weighted by Crippen LogP contribution is 2.49. The van der Waals surface area contributed by atoms with Crippen LogP contribution in [0.15, 0.2) is 35.9 Å². The Morgan fingerprint density at radius 2 is 1.15 bits per heavy atom. The fourth-order valence-electron chi connectivity index (χ4n) is 9.81. The van der Waals surface area contributed by atoms with Crippen LogP contribution in [0.2, 0.25) is 0 Å². The summed E-state index contributed by atoms with van der Waals surface area (Å²) in [6, 6.07) is 3.46. The van der Waals surface area contributed by atoms with Crippen LogP contribution in [0.5, 0.6) is 11.5 Å². The predicted molar refractivity (Wildman–Crippen MR) is 231 cm³/mol. The van der Waals surface area contributed by atoms with Crippen molar-refractivity contribution in [2.24, 2.45) is 11.8 Å². The van der Waals surface area contributed by atoms with Crippen LogP contribution in [-0.2, 0) is 30.1 Å². The molecule has 3 aliphatic heterocycles. The second-order valence-electron chi connectivity index (χ2n) is 18.7. The molecule has 21 heteroatoms.